The van der Waals surface area contributed by atoms with Crippen molar-refractivity contribution in [2.45, 2.75) is 26.7 Å². The van der Waals surface area contributed by atoms with Gasteiger partial charge in [-0.2, -0.15) is 0 Å². The zero-order chi connectivity index (χ0) is 11.3. The van der Waals surface area contributed by atoms with E-state index in [1.165, 1.54) is 16.6 Å². The van der Waals surface area contributed by atoms with Crippen molar-refractivity contribution in [2.75, 3.05) is 0 Å². The third kappa shape index (κ3) is 1.32. The van der Waals surface area contributed by atoms with E-state index in [0.717, 1.165) is 16.9 Å². The number of aromatic nitrogens is 3. The van der Waals surface area contributed by atoms with E-state index in [1.54, 1.807) is 0 Å². The molecule has 0 amide bonds. The number of hydrogen-bond donors (Lipinski definition) is 2. The summed E-state index contributed by atoms with van der Waals surface area (Å²) in [6.07, 6.45) is 0. The van der Waals surface area contributed by atoms with Gasteiger partial charge >= 0.3 is 0 Å². The summed E-state index contributed by atoms with van der Waals surface area (Å²) in [5.41, 5.74) is 4.59. The molecule has 0 bridgehead atoms. The Kier molecular flexibility index (Phi) is 1.84. The minimum absolute atomic E-state index is 0.528. The van der Waals surface area contributed by atoms with Crippen LogP contribution in [0.2, 0.25) is 0 Å². The van der Waals surface area contributed by atoms with Crippen molar-refractivity contribution < 1.29 is 0 Å². The molecule has 3 aromatic rings. The van der Waals surface area contributed by atoms with Gasteiger partial charge in [0.25, 0.3) is 0 Å². The van der Waals surface area contributed by atoms with E-state index in [0.29, 0.717) is 5.92 Å². The largest absolute Gasteiger partial charge is 0.358 e. The first-order valence-corrected chi connectivity index (χ1v) is 5.62. The lowest BCUT2D eigenvalue weighted by Crippen LogP contribution is -1.84. The molecule has 2 aromatic heterocycles. The summed E-state index contributed by atoms with van der Waals surface area (Å²) in [5, 5.41) is 1.25. The fourth-order valence-corrected chi connectivity index (χ4v) is 2.10. The molecule has 3 nitrogen and oxygen atoms in total. The van der Waals surface area contributed by atoms with E-state index >= 15 is 0 Å². The fraction of sp³-hybridized carbons (Fsp3) is 0.308. The van der Waals surface area contributed by atoms with Crippen molar-refractivity contribution in [2.24, 2.45) is 0 Å². The first-order chi connectivity index (χ1) is 7.63. The second-order valence-electron chi connectivity index (χ2n) is 4.66. The van der Waals surface area contributed by atoms with E-state index in [1.807, 2.05) is 6.92 Å². The first kappa shape index (κ1) is 9.46. The number of nitrogens with zero attached hydrogens (tertiary/aromatic N) is 1. The molecule has 0 saturated heterocycles. The van der Waals surface area contributed by atoms with Gasteiger partial charge in [0.05, 0.1) is 11.0 Å². The second-order valence-corrected chi connectivity index (χ2v) is 4.66. The van der Waals surface area contributed by atoms with Crippen LogP contribution in [0.3, 0.4) is 0 Å². The zero-order valence-electron chi connectivity index (χ0n) is 9.76. The molecule has 0 saturated carbocycles. The van der Waals surface area contributed by atoms with Crippen LogP contribution in [0.4, 0.5) is 0 Å². The third-order valence-electron chi connectivity index (χ3n) is 2.98. The summed E-state index contributed by atoms with van der Waals surface area (Å²) in [4.78, 5) is 11.1. The maximum atomic E-state index is 4.44. The van der Waals surface area contributed by atoms with Gasteiger partial charge in [0.15, 0.2) is 0 Å². The Hall–Kier alpha value is -1.77. The summed E-state index contributed by atoms with van der Waals surface area (Å²) in [6.45, 7) is 6.37. The van der Waals surface area contributed by atoms with Crippen molar-refractivity contribution >= 4 is 21.9 Å². The second kappa shape index (κ2) is 3.11. The molecule has 0 aliphatic heterocycles. The number of aromatic amines is 2. The van der Waals surface area contributed by atoms with Crippen LogP contribution in [0.25, 0.3) is 21.9 Å². The maximum absolute atomic E-state index is 4.44. The van der Waals surface area contributed by atoms with Crippen LogP contribution < -0.4 is 0 Å². The molecule has 0 fully saturated rings. The maximum Gasteiger partial charge on any atom is 0.104 e. The Bertz CT molecular complexity index is 607. The average molecular weight is 213 g/mol. The van der Waals surface area contributed by atoms with Gasteiger partial charge in [-0.05, 0) is 31.0 Å². The average Bonchev–Trinajstić information content (AvgIpc) is 2.74. The molecular formula is C13H15N3. The number of hydrogen-bond acceptors (Lipinski definition) is 1. The van der Waals surface area contributed by atoms with Crippen LogP contribution >= 0.6 is 0 Å². The molecule has 0 atom stereocenters. The molecule has 0 aliphatic rings. The predicted molar refractivity (Wildman–Crippen MR) is 66.8 cm³/mol. The molecule has 3 heteroatoms. The first-order valence-electron chi connectivity index (χ1n) is 5.62. The summed E-state index contributed by atoms with van der Waals surface area (Å²) in [6, 6.07) is 6.49. The molecular weight excluding hydrogens is 198 g/mol. The lowest BCUT2D eigenvalue weighted by Gasteiger charge is -1.97. The zero-order valence-corrected chi connectivity index (χ0v) is 9.76. The van der Waals surface area contributed by atoms with Gasteiger partial charge in [0.1, 0.15) is 5.82 Å². The van der Waals surface area contributed by atoms with E-state index in [9.17, 15) is 0 Å². The summed E-state index contributed by atoms with van der Waals surface area (Å²) < 4.78 is 0. The minimum Gasteiger partial charge on any atom is -0.358 e. The summed E-state index contributed by atoms with van der Waals surface area (Å²) in [7, 11) is 0. The van der Waals surface area contributed by atoms with E-state index in [-0.39, 0.29) is 0 Å². The number of fused-ring (bicyclic) bond motifs is 2. The van der Waals surface area contributed by atoms with Gasteiger partial charge in [-0.15, -0.1) is 0 Å². The highest BCUT2D eigenvalue weighted by Gasteiger charge is 2.07. The standard InChI is InChI=1S/C13H15N3/c1-7(2)10-4-9-5-12-13(6-11(9)16-10)15-8(3)14-12/h4-7,16H,1-3H3,(H,14,15). The minimum atomic E-state index is 0.528. The van der Waals surface area contributed by atoms with Gasteiger partial charge in [0.2, 0.25) is 0 Å². The number of rotatable bonds is 1. The van der Waals surface area contributed by atoms with Crippen molar-refractivity contribution in [1.82, 2.24) is 15.0 Å². The Balaban J connectivity index is 2.31. The Morgan fingerprint density at radius 3 is 2.62 bits per heavy atom. The fourth-order valence-electron chi connectivity index (χ4n) is 2.10. The van der Waals surface area contributed by atoms with Gasteiger partial charge in [0, 0.05) is 16.6 Å². The summed E-state index contributed by atoms with van der Waals surface area (Å²) in [5.74, 6) is 1.49. The number of aryl methyl sites for hydroxylation is 1. The predicted octanol–water partition coefficient (Wildman–Crippen LogP) is 3.48. The van der Waals surface area contributed by atoms with Crippen LogP contribution in [0, 0.1) is 6.92 Å². The Labute approximate surface area is 93.9 Å². The molecule has 1 aromatic carbocycles. The molecule has 82 valence electrons. The van der Waals surface area contributed by atoms with Gasteiger partial charge in [-0.3, -0.25) is 0 Å². The van der Waals surface area contributed by atoms with E-state index < -0.39 is 0 Å². The van der Waals surface area contributed by atoms with Crippen LogP contribution in [0.15, 0.2) is 18.2 Å². The Morgan fingerprint density at radius 1 is 1.06 bits per heavy atom. The normalized spacial score (nSPS) is 12.0. The Morgan fingerprint density at radius 2 is 1.88 bits per heavy atom. The highest BCUT2D eigenvalue weighted by molar-refractivity contribution is 5.93. The number of nitrogens with one attached hydrogen (secondary N) is 2. The molecule has 16 heavy (non-hydrogen) atoms. The highest BCUT2D eigenvalue weighted by atomic mass is 14.9. The van der Waals surface area contributed by atoms with Crippen LogP contribution in [0.1, 0.15) is 31.3 Å². The van der Waals surface area contributed by atoms with Gasteiger partial charge in [-0.1, -0.05) is 13.8 Å². The van der Waals surface area contributed by atoms with Crippen molar-refractivity contribution in [3.63, 3.8) is 0 Å². The number of H-pyrrole nitrogens is 2. The highest BCUT2D eigenvalue weighted by Crippen LogP contribution is 2.24. The molecule has 3 rings (SSSR count). The summed E-state index contributed by atoms with van der Waals surface area (Å²) >= 11 is 0. The molecule has 0 spiro atoms. The van der Waals surface area contributed by atoms with Crippen LogP contribution in [-0.2, 0) is 0 Å². The SMILES string of the molecule is Cc1nc2cc3[nH]c(C(C)C)cc3cc2[nH]1. The molecule has 0 radical (unpaired) electrons. The molecule has 2 N–H and O–H groups in total. The number of imidazole rings is 1. The van der Waals surface area contributed by atoms with Gasteiger partial charge in [-0.25, -0.2) is 4.98 Å². The lowest BCUT2D eigenvalue weighted by atomic mass is 10.1. The van der Waals surface area contributed by atoms with Crippen molar-refractivity contribution in [1.29, 1.82) is 0 Å². The molecule has 0 aliphatic carbocycles. The number of benzene rings is 1. The van der Waals surface area contributed by atoms with E-state index in [2.05, 4.69) is 47.0 Å². The topological polar surface area (TPSA) is 44.5 Å². The molecule has 2 heterocycles. The third-order valence-corrected chi connectivity index (χ3v) is 2.98. The van der Waals surface area contributed by atoms with Crippen LogP contribution in [-0.4, -0.2) is 15.0 Å². The van der Waals surface area contributed by atoms with Gasteiger partial charge < -0.3 is 9.97 Å². The lowest BCUT2D eigenvalue weighted by molar-refractivity contribution is 0.836. The van der Waals surface area contributed by atoms with Crippen LogP contribution in [0.5, 0.6) is 0 Å². The quantitative estimate of drug-likeness (QED) is 0.638. The van der Waals surface area contributed by atoms with E-state index in [4.69, 9.17) is 0 Å². The smallest absolute Gasteiger partial charge is 0.104 e. The molecule has 0 unspecified atom stereocenters. The van der Waals surface area contributed by atoms with Crippen molar-refractivity contribution in [3.05, 3.63) is 29.7 Å². The monoisotopic (exact) mass is 213 g/mol. The van der Waals surface area contributed by atoms with Crippen molar-refractivity contribution in [3.8, 4) is 0 Å².